The molecule has 1 aliphatic rings. The first-order valence-electron chi connectivity index (χ1n) is 8.27. The Balaban J connectivity index is 1.76. The Kier molecular flexibility index (Phi) is 5.25. The van der Waals surface area contributed by atoms with Crippen LogP contribution in [0.25, 0.3) is 0 Å². The molecular weight excluding hydrogens is 351 g/mol. The Hall–Kier alpha value is -2.44. The van der Waals surface area contributed by atoms with Crippen molar-refractivity contribution in [1.29, 1.82) is 0 Å². The van der Waals surface area contributed by atoms with E-state index in [-0.39, 0.29) is 12.1 Å². The lowest BCUT2D eigenvalue weighted by Crippen LogP contribution is -2.28. The Morgan fingerprint density at radius 2 is 1.77 bits per heavy atom. The van der Waals surface area contributed by atoms with E-state index in [4.69, 9.17) is 0 Å². The van der Waals surface area contributed by atoms with Crippen molar-refractivity contribution in [3.63, 3.8) is 0 Å². The highest BCUT2D eigenvalue weighted by molar-refractivity contribution is 5.93. The zero-order valence-corrected chi connectivity index (χ0v) is 13.8. The number of rotatable bonds is 5. The third-order valence-electron chi connectivity index (χ3n) is 4.33. The Bertz CT molecular complexity index is 786. The fourth-order valence-electron chi connectivity index (χ4n) is 3.06. The van der Waals surface area contributed by atoms with Gasteiger partial charge in [-0.25, -0.2) is 8.78 Å². The number of hydrogen-bond donors (Lipinski definition) is 0. The number of halogens is 5. The van der Waals surface area contributed by atoms with Gasteiger partial charge in [0.05, 0.1) is 11.7 Å². The molecule has 26 heavy (non-hydrogen) atoms. The first-order chi connectivity index (χ1) is 12.3. The molecule has 1 unspecified atom stereocenters. The summed E-state index contributed by atoms with van der Waals surface area (Å²) in [4.78, 5) is 0. The van der Waals surface area contributed by atoms with E-state index >= 15 is 0 Å². The van der Waals surface area contributed by atoms with Crippen LogP contribution in [0.15, 0.2) is 53.6 Å². The minimum atomic E-state index is -4.57. The summed E-state index contributed by atoms with van der Waals surface area (Å²) in [5.74, 6) is -1.71. The molecule has 1 heterocycles. The Labute approximate surface area is 147 Å². The van der Waals surface area contributed by atoms with E-state index in [0.717, 1.165) is 22.7 Å². The molecule has 7 heteroatoms. The second kappa shape index (κ2) is 7.43. The van der Waals surface area contributed by atoms with Crippen LogP contribution in [0, 0.1) is 11.6 Å². The largest absolute Gasteiger partial charge is 0.431 e. The predicted octanol–water partition coefficient (Wildman–Crippen LogP) is 5.48. The molecular formula is C19H17F5N2. The third kappa shape index (κ3) is 4.20. The van der Waals surface area contributed by atoms with E-state index in [9.17, 15) is 22.0 Å². The molecule has 2 aromatic carbocycles. The molecule has 0 spiro atoms. The van der Waals surface area contributed by atoms with E-state index in [2.05, 4.69) is 5.10 Å². The standard InChI is InChI=1S/C19H17F5N2/c20-14-9-10-17(16(21)11-14)26-15(12-18(25-26)19(22,23)24)8-4-7-13-5-2-1-3-6-13/h1-3,5-6,9-11,15H,4,7-8,12H2. The summed E-state index contributed by atoms with van der Waals surface area (Å²) in [6, 6.07) is 11.8. The molecule has 138 valence electrons. The second-order valence-electron chi connectivity index (χ2n) is 6.22. The highest BCUT2D eigenvalue weighted by Crippen LogP contribution is 2.34. The quantitative estimate of drug-likeness (QED) is 0.638. The molecule has 0 aromatic heterocycles. The second-order valence-corrected chi connectivity index (χ2v) is 6.22. The lowest BCUT2D eigenvalue weighted by atomic mass is 10.0. The van der Waals surface area contributed by atoms with Gasteiger partial charge in [0.2, 0.25) is 0 Å². The number of alkyl halides is 3. The van der Waals surface area contributed by atoms with Crippen molar-refractivity contribution in [3.8, 4) is 0 Å². The van der Waals surface area contributed by atoms with Gasteiger partial charge in [-0.3, -0.25) is 5.01 Å². The highest BCUT2D eigenvalue weighted by atomic mass is 19.4. The zero-order valence-electron chi connectivity index (χ0n) is 13.8. The van der Waals surface area contributed by atoms with E-state index in [1.807, 2.05) is 30.3 Å². The van der Waals surface area contributed by atoms with Gasteiger partial charge in [-0.05, 0) is 37.0 Å². The van der Waals surface area contributed by atoms with Crippen LogP contribution in [0.1, 0.15) is 24.8 Å². The molecule has 0 radical (unpaired) electrons. The van der Waals surface area contributed by atoms with Crippen LogP contribution < -0.4 is 5.01 Å². The van der Waals surface area contributed by atoms with Crippen LogP contribution in [0.5, 0.6) is 0 Å². The lowest BCUT2D eigenvalue weighted by Gasteiger charge is -2.24. The molecule has 1 atom stereocenters. The van der Waals surface area contributed by atoms with Crippen LogP contribution in [0.3, 0.4) is 0 Å². The van der Waals surface area contributed by atoms with Gasteiger partial charge in [0, 0.05) is 12.5 Å². The van der Waals surface area contributed by atoms with Gasteiger partial charge in [-0.2, -0.15) is 18.3 Å². The van der Waals surface area contributed by atoms with Crippen LogP contribution in [0.4, 0.5) is 27.6 Å². The van der Waals surface area contributed by atoms with Crippen molar-refractivity contribution in [2.75, 3.05) is 5.01 Å². The van der Waals surface area contributed by atoms with Gasteiger partial charge in [-0.1, -0.05) is 30.3 Å². The maximum absolute atomic E-state index is 14.1. The Morgan fingerprint density at radius 1 is 1.04 bits per heavy atom. The molecule has 0 saturated carbocycles. The maximum Gasteiger partial charge on any atom is 0.431 e. The van der Waals surface area contributed by atoms with Gasteiger partial charge >= 0.3 is 6.18 Å². The average Bonchev–Trinajstić information content (AvgIpc) is 3.00. The molecule has 0 amide bonds. The summed E-state index contributed by atoms with van der Waals surface area (Å²) in [6.07, 6.45) is -3.13. The van der Waals surface area contributed by atoms with E-state index in [1.165, 1.54) is 0 Å². The fraction of sp³-hybridized carbons (Fsp3) is 0.316. The topological polar surface area (TPSA) is 15.6 Å². The van der Waals surface area contributed by atoms with E-state index in [1.54, 1.807) is 0 Å². The van der Waals surface area contributed by atoms with Crippen molar-refractivity contribution in [2.24, 2.45) is 5.10 Å². The van der Waals surface area contributed by atoms with Gasteiger partial charge < -0.3 is 0 Å². The predicted molar refractivity (Wildman–Crippen MR) is 90.1 cm³/mol. The summed E-state index contributed by atoms with van der Waals surface area (Å²) < 4.78 is 66.4. The van der Waals surface area contributed by atoms with Crippen molar-refractivity contribution in [3.05, 3.63) is 65.7 Å². The maximum atomic E-state index is 14.1. The molecule has 0 N–H and O–H groups in total. The van der Waals surface area contributed by atoms with Crippen molar-refractivity contribution in [2.45, 2.75) is 37.9 Å². The van der Waals surface area contributed by atoms with E-state index < -0.39 is 29.6 Å². The zero-order chi connectivity index (χ0) is 18.7. The number of benzene rings is 2. The number of anilines is 1. The van der Waals surface area contributed by atoms with Crippen molar-refractivity contribution >= 4 is 11.4 Å². The van der Waals surface area contributed by atoms with Crippen LogP contribution in [-0.2, 0) is 6.42 Å². The molecule has 0 fully saturated rings. The summed E-state index contributed by atoms with van der Waals surface area (Å²) in [6.45, 7) is 0. The van der Waals surface area contributed by atoms with Crippen LogP contribution >= 0.6 is 0 Å². The monoisotopic (exact) mass is 368 g/mol. The van der Waals surface area contributed by atoms with Gasteiger partial charge in [0.1, 0.15) is 11.5 Å². The summed E-state index contributed by atoms with van der Waals surface area (Å²) in [5, 5.41) is 4.63. The van der Waals surface area contributed by atoms with Gasteiger partial charge in [0.15, 0.2) is 5.82 Å². The molecule has 3 rings (SSSR count). The van der Waals surface area contributed by atoms with Crippen LogP contribution in [-0.4, -0.2) is 17.9 Å². The normalized spacial score (nSPS) is 17.5. The molecule has 2 aromatic rings. The minimum absolute atomic E-state index is 0.143. The van der Waals surface area contributed by atoms with Gasteiger partial charge in [-0.15, -0.1) is 0 Å². The van der Waals surface area contributed by atoms with Gasteiger partial charge in [0.25, 0.3) is 0 Å². The number of nitrogens with zero attached hydrogens (tertiary/aromatic N) is 2. The number of hydrazone groups is 1. The first-order valence-corrected chi connectivity index (χ1v) is 8.27. The molecule has 0 aliphatic carbocycles. The van der Waals surface area contributed by atoms with Crippen molar-refractivity contribution in [1.82, 2.24) is 0 Å². The third-order valence-corrected chi connectivity index (χ3v) is 4.33. The number of hydrogen-bond acceptors (Lipinski definition) is 2. The lowest BCUT2D eigenvalue weighted by molar-refractivity contribution is -0.0600. The molecule has 0 saturated heterocycles. The summed E-state index contributed by atoms with van der Waals surface area (Å²) in [7, 11) is 0. The van der Waals surface area contributed by atoms with E-state index in [0.29, 0.717) is 25.3 Å². The smallest absolute Gasteiger partial charge is 0.259 e. The Morgan fingerprint density at radius 3 is 2.42 bits per heavy atom. The summed E-state index contributed by atoms with van der Waals surface area (Å²) >= 11 is 0. The first kappa shape index (κ1) is 18.4. The molecule has 0 bridgehead atoms. The molecule has 1 aliphatic heterocycles. The van der Waals surface area contributed by atoms with Crippen LogP contribution in [0.2, 0.25) is 0 Å². The number of aryl methyl sites for hydroxylation is 1. The van der Waals surface area contributed by atoms with Crippen molar-refractivity contribution < 1.29 is 22.0 Å². The highest BCUT2D eigenvalue weighted by Gasteiger charge is 2.43. The summed E-state index contributed by atoms with van der Waals surface area (Å²) in [5.41, 5.74) is 0.00303. The fourth-order valence-corrected chi connectivity index (χ4v) is 3.06. The minimum Gasteiger partial charge on any atom is -0.259 e. The average molecular weight is 368 g/mol. The molecule has 2 nitrogen and oxygen atoms in total. The SMILES string of the molecule is Fc1ccc(N2N=C(C(F)(F)F)CC2CCCc2ccccc2)c(F)c1.